The van der Waals surface area contributed by atoms with Crippen LogP contribution in [0.1, 0.15) is 18.1 Å². The highest BCUT2D eigenvalue weighted by molar-refractivity contribution is 5.58. The fraction of sp³-hybridized carbons (Fsp3) is 0.385. The smallest absolute Gasteiger partial charge is 0.201 e. The minimum Gasteiger partial charge on any atom is -0.502 e. The molecule has 0 bridgehead atoms. The van der Waals surface area contributed by atoms with Crippen LogP contribution in [0.25, 0.3) is 0 Å². The molecule has 0 aliphatic heterocycles. The van der Waals surface area contributed by atoms with Crippen LogP contribution in [0.15, 0.2) is 18.7 Å². The highest BCUT2D eigenvalue weighted by Gasteiger charge is 2.16. The molecule has 0 unspecified atom stereocenters. The first-order chi connectivity index (χ1) is 7.69. The molecule has 0 aromatic heterocycles. The van der Waals surface area contributed by atoms with Gasteiger partial charge in [-0.2, -0.15) is 0 Å². The molecule has 0 saturated heterocycles. The van der Waals surface area contributed by atoms with Gasteiger partial charge in [0.15, 0.2) is 11.5 Å². The summed E-state index contributed by atoms with van der Waals surface area (Å²) in [5, 5.41) is 9.92. The predicted octanol–water partition coefficient (Wildman–Crippen LogP) is 2.70. The highest BCUT2D eigenvalue weighted by Crippen LogP contribution is 2.41. The number of hydrogen-bond donors (Lipinski definition) is 1. The van der Waals surface area contributed by atoms with E-state index in [1.54, 1.807) is 7.11 Å². The van der Waals surface area contributed by atoms with E-state index < -0.39 is 0 Å². The number of rotatable bonds is 5. The van der Waals surface area contributed by atoms with Crippen molar-refractivity contribution in [2.24, 2.45) is 0 Å². The molecule has 0 radical (unpaired) electrons. The first-order valence-electron chi connectivity index (χ1n) is 5.26. The van der Waals surface area contributed by atoms with E-state index >= 15 is 0 Å². The summed E-state index contributed by atoms with van der Waals surface area (Å²) < 4.78 is 10.3. The van der Waals surface area contributed by atoms with Gasteiger partial charge in [0.25, 0.3) is 0 Å². The van der Waals surface area contributed by atoms with Crippen LogP contribution in [0.3, 0.4) is 0 Å². The van der Waals surface area contributed by atoms with Crippen LogP contribution < -0.4 is 9.47 Å². The normalized spacial score (nSPS) is 9.94. The number of aromatic hydroxyl groups is 1. The number of phenolic OH excluding ortho intramolecular Hbond substituents is 1. The molecule has 1 N–H and O–H groups in total. The zero-order valence-electron chi connectivity index (χ0n) is 10.0. The summed E-state index contributed by atoms with van der Waals surface area (Å²) in [4.78, 5) is 0. The molecule has 0 aliphatic rings. The Kier molecular flexibility index (Phi) is 4.23. The SMILES string of the molecule is C=CCc1cc(OC)c(O)c(OC)c1CC. The van der Waals surface area contributed by atoms with Gasteiger partial charge in [0.2, 0.25) is 5.75 Å². The maximum absolute atomic E-state index is 9.92. The average Bonchev–Trinajstić information content (AvgIpc) is 2.30. The molecule has 0 spiro atoms. The molecule has 0 fully saturated rings. The van der Waals surface area contributed by atoms with Crippen molar-refractivity contribution in [1.82, 2.24) is 0 Å². The lowest BCUT2D eigenvalue weighted by molar-refractivity contribution is 0.336. The third-order valence-corrected chi connectivity index (χ3v) is 2.56. The summed E-state index contributed by atoms with van der Waals surface area (Å²) in [7, 11) is 3.07. The van der Waals surface area contributed by atoms with Crippen molar-refractivity contribution >= 4 is 0 Å². The molecule has 3 heteroatoms. The minimum atomic E-state index is 0.0645. The summed E-state index contributed by atoms with van der Waals surface area (Å²) in [5.41, 5.74) is 2.07. The average molecular weight is 222 g/mol. The molecule has 0 aliphatic carbocycles. The predicted molar refractivity (Wildman–Crippen MR) is 64.5 cm³/mol. The highest BCUT2D eigenvalue weighted by atomic mass is 16.5. The van der Waals surface area contributed by atoms with E-state index in [2.05, 4.69) is 6.58 Å². The van der Waals surface area contributed by atoms with Crippen LogP contribution in [0.4, 0.5) is 0 Å². The van der Waals surface area contributed by atoms with Gasteiger partial charge < -0.3 is 14.6 Å². The molecule has 0 heterocycles. The lowest BCUT2D eigenvalue weighted by Crippen LogP contribution is -1.99. The monoisotopic (exact) mass is 222 g/mol. The zero-order chi connectivity index (χ0) is 12.1. The Morgan fingerprint density at radius 2 is 2.06 bits per heavy atom. The number of allylic oxidation sites excluding steroid dienone is 1. The van der Waals surface area contributed by atoms with Crippen molar-refractivity contribution in [2.45, 2.75) is 19.8 Å². The Bertz CT molecular complexity index is 383. The molecule has 0 saturated carbocycles. The van der Waals surface area contributed by atoms with Crippen molar-refractivity contribution in [3.63, 3.8) is 0 Å². The number of phenols is 1. The maximum atomic E-state index is 9.92. The standard InChI is InChI=1S/C13H18O3/c1-5-7-9-8-11(15-3)12(14)13(16-4)10(9)6-2/h5,8,14H,1,6-7H2,2-4H3. The third kappa shape index (κ3) is 2.13. The van der Waals surface area contributed by atoms with Gasteiger partial charge in [-0.3, -0.25) is 0 Å². The van der Waals surface area contributed by atoms with E-state index in [1.807, 2.05) is 19.1 Å². The van der Waals surface area contributed by atoms with Gasteiger partial charge in [0.1, 0.15) is 0 Å². The van der Waals surface area contributed by atoms with Gasteiger partial charge in [-0.05, 0) is 24.5 Å². The Balaban J connectivity index is 3.42. The van der Waals surface area contributed by atoms with Crippen LogP contribution in [0, 0.1) is 0 Å². The largest absolute Gasteiger partial charge is 0.502 e. The molecule has 88 valence electrons. The van der Waals surface area contributed by atoms with Gasteiger partial charge in [0.05, 0.1) is 14.2 Å². The van der Waals surface area contributed by atoms with Crippen LogP contribution in [-0.2, 0) is 12.8 Å². The Morgan fingerprint density at radius 1 is 1.38 bits per heavy atom. The first kappa shape index (κ1) is 12.4. The number of benzene rings is 1. The van der Waals surface area contributed by atoms with E-state index in [-0.39, 0.29) is 5.75 Å². The van der Waals surface area contributed by atoms with E-state index in [9.17, 15) is 5.11 Å². The zero-order valence-corrected chi connectivity index (χ0v) is 10.0. The molecule has 1 aromatic carbocycles. The number of hydrogen-bond acceptors (Lipinski definition) is 3. The molecule has 3 nitrogen and oxygen atoms in total. The lowest BCUT2D eigenvalue weighted by atomic mass is 10.00. The quantitative estimate of drug-likeness (QED) is 0.778. The Hall–Kier alpha value is -1.64. The van der Waals surface area contributed by atoms with Crippen LogP contribution in [-0.4, -0.2) is 19.3 Å². The fourth-order valence-electron chi connectivity index (χ4n) is 1.82. The van der Waals surface area contributed by atoms with Crippen molar-refractivity contribution in [3.05, 3.63) is 29.8 Å². The van der Waals surface area contributed by atoms with Gasteiger partial charge >= 0.3 is 0 Å². The third-order valence-electron chi connectivity index (χ3n) is 2.56. The molecule has 16 heavy (non-hydrogen) atoms. The van der Waals surface area contributed by atoms with Crippen LogP contribution >= 0.6 is 0 Å². The molecule has 1 rings (SSSR count). The summed E-state index contributed by atoms with van der Waals surface area (Å²) in [6.07, 6.45) is 3.35. The van der Waals surface area contributed by atoms with E-state index in [1.165, 1.54) is 7.11 Å². The van der Waals surface area contributed by atoms with Crippen molar-refractivity contribution in [3.8, 4) is 17.2 Å². The molecule has 0 amide bonds. The van der Waals surface area contributed by atoms with E-state index in [0.717, 1.165) is 24.0 Å². The lowest BCUT2D eigenvalue weighted by Gasteiger charge is -2.16. The topological polar surface area (TPSA) is 38.7 Å². The summed E-state index contributed by atoms with van der Waals surface area (Å²) in [6.45, 7) is 5.74. The minimum absolute atomic E-state index is 0.0645. The maximum Gasteiger partial charge on any atom is 0.201 e. The van der Waals surface area contributed by atoms with Gasteiger partial charge in [0, 0.05) is 5.56 Å². The van der Waals surface area contributed by atoms with Gasteiger partial charge in [-0.1, -0.05) is 13.0 Å². The molecule has 0 atom stereocenters. The molecular formula is C13H18O3. The van der Waals surface area contributed by atoms with Gasteiger partial charge in [-0.15, -0.1) is 6.58 Å². The second-order valence-electron chi connectivity index (χ2n) is 3.44. The van der Waals surface area contributed by atoms with Crippen LogP contribution in [0.5, 0.6) is 17.2 Å². The van der Waals surface area contributed by atoms with Gasteiger partial charge in [-0.25, -0.2) is 0 Å². The second-order valence-corrected chi connectivity index (χ2v) is 3.44. The Morgan fingerprint density at radius 3 is 2.50 bits per heavy atom. The summed E-state index contributed by atoms with van der Waals surface area (Å²) in [5.74, 6) is 0.999. The second kappa shape index (κ2) is 5.45. The van der Waals surface area contributed by atoms with Crippen molar-refractivity contribution < 1.29 is 14.6 Å². The fourth-order valence-corrected chi connectivity index (χ4v) is 1.82. The molecular weight excluding hydrogens is 204 g/mol. The van der Waals surface area contributed by atoms with E-state index in [0.29, 0.717) is 11.5 Å². The summed E-state index contributed by atoms with van der Waals surface area (Å²) >= 11 is 0. The van der Waals surface area contributed by atoms with E-state index in [4.69, 9.17) is 9.47 Å². The van der Waals surface area contributed by atoms with Crippen molar-refractivity contribution in [1.29, 1.82) is 0 Å². The molecule has 1 aromatic rings. The Labute approximate surface area is 96.3 Å². The number of ether oxygens (including phenoxy) is 2. The number of methoxy groups -OCH3 is 2. The summed E-state index contributed by atoms with van der Waals surface area (Å²) in [6, 6.07) is 1.83. The first-order valence-corrected chi connectivity index (χ1v) is 5.26. The van der Waals surface area contributed by atoms with Crippen LogP contribution in [0.2, 0.25) is 0 Å². The van der Waals surface area contributed by atoms with Crippen molar-refractivity contribution in [2.75, 3.05) is 14.2 Å².